The van der Waals surface area contributed by atoms with Crippen molar-refractivity contribution in [3.63, 3.8) is 0 Å². The molecule has 0 atom stereocenters. The van der Waals surface area contributed by atoms with Gasteiger partial charge in [0.25, 0.3) is 0 Å². The molecule has 0 unspecified atom stereocenters. The van der Waals surface area contributed by atoms with Crippen LogP contribution in [0.15, 0.2) is 192 Å². The van der Waals surface area contributed by atoms with E-state index < -0.39 is 0 Å². The molecule has 0 bridgehead atoms. The zero-order chi connectivity index (χ0) is 38.2. The van der Waals surface area contributed by atoms with Crippen LogP contribution < -0.4 is 0 Å². The molecule has 0 aliphatic carbocycles. The van der Waals surface area contributed by atoms with E-state index in [0.717, 1.165) is 71.3 Å². The topological polar surface area (TPSA) is 51.8 Å². The summed E-state index contributed by atoms with van der Waals surface area (Å²) in [4.78, 5) is 16.1. The van der Waals surface area contributed by atoms with Gasteiger partial charge in [0, 0.05) is 53.2 Å². The van der Waals surface area contributed by atoms with Gasteiger partial charge in [-0.25, -0.2) is 15.0 Å². The van der Waals surface area contributed by atoms with E-state index in [1.54, 1.807) is 0 Å². The van der Waals surface area contributed by atoms with E-state index in [1.807, 2.05) is 23.5 Å². The van der Waals surface area contributed by atoms with Crippen LogP contribution in [0.5, 0.6) is 0 Å². The fraction of sp³-hybridized carbons (Fsp3) is 0. The SMILES string of the molecule is c1ccc(-c2ccc(-c3nc(-c4ccc5sc6ccccc6c5c4)nc(-c4ccccc4-c4c5ccccc5cc5c4oc4ccccc45)n3)c3ccccc23)cc1. The monoisotopic (exact) mass is 757 g/mol. The third-order valence-corrected chi connectivity index (χ3v) is 12.5. The smallest absolute Gasteiger partial charge is 0.164 e. The molecule has 3 heterocycles. The maximum atomic E-state index is 6.74. The van der Waals surface area contributed by atoms with E-state index in [1.165, 1.54) is 31.3 Å². The van der Waals surface area contributed by atoms with E-state index in [4.69, 9.17) is 19.4 Å². The first kappa shape index (κ1) is 32.7. The molecule has 58 heavy (non-hydrogen) atoms. The Labute approximate surface area is 337 Å². The van der Waals surface area contributed by atoms with Crippen LogP contribution in [-0.2, 0) is 0 Å². The molecule has 0 spiro atoms. The van der Waals surface area contributed by atoms with Crippen molar-refractivity contribution in [3.8, 4) is 56.4 Å². The summed E-state index contributed by atoms with van der Waals surface area (Å²) < 4.78 is 9.23. The predicted molar refractivity (Wildman–Crippen MR) is 242 cm³/mol. The normalized spacial score (nSPS) is 11.8. The van der Waals surface area contributed by atoms with Crippen LogP contribution in [0.2, 0.25) is 0 Å². The Balaban J connectivity index is 1.14. The number of hydrogen-bond acceptors (Lipinski definition) is 5. The average Bonchev–Trinajstić information content (AvgIpc) is 3.86. The van der Waals surface area contributed by atoms with Gasteiger partial charge in [0.05, 0.1) is 0 Å². The lowest BCUT2D eigenvalue weighted by atomic mass is 9.92. The molecule has 9 aromatic carbocycles. The predicted octanol–water partition coefficient (Wildman–Crippen LogP) is 14.8. The van der Waals surface area contributed by atoms with Crippen molar-refractivity contribution in [1.29, 1.82) is 0 Å². The van der Waals surface area contributed by atoms with Gasteiger partial charge in [0.1, 0.15) is 11.2 Å². The molecule has 0 N–H and O–H groups in total. The lowest BCUT2D eigenvalue weighted by Gasteiger charge is -2.15. The molecule has 12 rings (SSSR count). The lowest BCUT2D eigenvalue weighted by molar-refractivity contribution is 0.670. The Morgan fingerprint density at radius 3 is 1.79 bits per heavy atom. The number of rotatable bonds is 5. The first-order valence-electron chi connectivity index (χ1n) is 19.4. The zero-order valence-electron chi connectivity index (χ0n) is 31.1. The van der Waals surface area contributed by atoms with Crippen LogP contribution in [-0.4, -0.2) is 15.0 Å². The van der Waals surface area contributed by atoms with Gasteiger partial charge in [-0.2, -0.15) is 0 Å². The molecule has 0 aliphatic rings. The van der Waals surface area contributed by atoms with Gasteiger partial charge in [-0.3, -0.25) is 0 Å². The second-order valence-electron chi connectivity index (χ2n) is 14.7. The summed E-state index contributed by atoms with van der Waals surface area (Å²) in [5.41, 5.74) is 8.84. The van der Waals surface area contributed by atoms with Gasteiger partial charge in [-0.15, -0.1) is 11.3 Å². The number of para-hydroxylation sites is 1. The molecule has 270 valence electrons. The number of hydrogen-bond donors (Lipinski definition) is 0. The van der Waals surface area contributed by atoms with Crippen LogP contribution in [0.25, 0.3) is 120 Å². The molecule has 0 fully saturated rings. The van der Waals surface area contributed by atoms with Gasteiger partial charge >= 0.3 is 0 Å². The van der Waals surface area contributed by atoms with E-state index in [0.29, 0.717) is 17.5 Å². The highest BCUT2D eigenvalue weighted by Crippen LogP contribution is 2.45. The fourth-order valence-electron chi connectivity index (χ4n) is 8.66. The Morgan fingerprint density at radius 1 is 0.345 bits per heavy atom. The molecule has 0 radical (unpaired) electrons. The zero-order valence-corrected chi connectivity index (χ0v) is 31.9. The van der Waals surface area contributed by atoms with Crippen molar-refractivity contribution < 1.29 is 4.42 Å². The maximum absolute atomic E-state index is 6.74. The molecule has 12 aromatic rings. The van der Waals surface area contributed by atoms with E-state index in [-0.39, 0.29) is 0 Å². The van der Waals surface area contributed by atoms with Crippen molar-refractivity contribution >= 4 is 75.0 Å². The molecule has 5 heteroatoms. The van der Waals surface area contributed by atoms with Crippen LogP contribution in [0.1, 0.15) is 0 Å². The number of furan rings is 1. The Kier molecular flexibility index (Phi) is 7.37. The summed E-state index contributed by atoms with van der Waals surface area (Å²) in [6, 6.07) is 66.1. The second-order valence-corrected chi connectivity index (χ2v) is 15.8. The van der Waals surface area contributed by atoms with Gasteiger partial charge in [-0.05, 0) is 80.7 Å². The molecule has 0 saturated heterocycles. The minimum Gasteiger partial charge on any atom is -0.455 e. The lowest BCUT2D eigenvalue weighted by Crippen LogP contribution is -2.02. The van der Waals surface area contributed by atoms with Crippen LogP contribution in [0, 0.1) is 0 Å². The fourth-order valence-corrected chi connectivity index (χ4v) is 9.75. The molecule has 0 amide bonds. The van der Waals surface area contributed by atoms with E-state index in [2.05, 4.69) is 176 Å². The van der Waals surface area contributed by atoms with Gasteiger partial charge in [0.2, 0.25) is 0 Å². The number of thiophene rings is 1. The summed E-state index contributed by atoms with van der Waals surface area (Å²) in [6.07, 6.45) is 0. The molecule has 4 nitrogen and oxygen atoms in total. The van der Waals surface area contributed by atoms with Crippen molar-refractivity contribution in [2.45, 2.75) is 0 Å². The van der Waals surface area contributed by atoms with E-state index in [9.17, 15) is 0 Å². The number of fused-ring (bicyclic) bond motifs is 8. The van der Waals surface area contributed by atoms with Crippen molar-refractivity contribution in [1.82, 2.24) is 15.0 Å². The molecular weight excluding hydrogens is 727 g/mol. The molecule has 0 aliphatic heterocycles. The standard InChI is InChI=1S/C53H31N3OS/c1-2-14-32(15-3-1)35-27-28-43(38-19-7-6-18-37(35)38)53-55-51(34-26-29-48-44(31-34)40-21-11-13-25-47(40)58-48)54-52(56-53)42-23-9-8-22-41(42)49-36-17-5-4-16-33(36)30-45-39-20-10-12-24-46(39)57-50(45)49/h1-31H. The highest BCUT2D eigenvalue weighted by atomic mass is 32.1. The number of nitrogens with zero attached hydrogens (tertiary/aromatic N) is 3. The largest absolute Gasteiger partial charge is 0.455 e. The highest BCUT2D eigenvalue weighted by molar-refractivity contribution is 7.25. The van der Waals surface area contributed by atoms with Crippen molar-refractivity contribution in [3.05, 3.63) is 188 Å². The van der Waals surface area contributed by atoms with Crippen LogP contribution >= 0.6 is 11.3 Å². The third kappa shape index (κ3) is 5.18. The summed E-state index contributed by atoms with van der Waals surface area (Å²) in [5, 5.41) is 9.08. The quantitative estimate of drug-likeness (QED) is 0.175. The number of benzene rings is 9. The average molecular weight is 758 g/mol. The summed E-state index contributed by atoms with van der Waals surface area (Å²) in [5.74, 6) is 1.84. The molecular formula is C53H31N3OS. The number of aromatic nitrogens is 3. The summed E-state index contributed by atoms with van der Waals surface area (Å²) in [6.45, 7) is 0. The maximum Gasteiger partial charge on any atom is 0.164 e. The van der Waals surface area contributed by atoms with Gasteiger partial charge in [0.15, 0.2) is 17.5 Å². The van der Waals surface area contributed by atoms with Crippen LogP contribution in [0.4, 0.5) is 0 Å². The second kappa shape index (κ2) is 13.1. The van der Waals surface area contributed by atoms with E-state index >= 15 is 0 Å². The van der Waals surface area contributed by atoms with Gasteiger partial charge in [-0.1, -0.05) is 146 Å². The molecule has 0 saturated carbocycles. The first-order chi connectivity index (χ1) is 28.7. The Hall–Kier alpha value is -7.47. The summed E-state index contributed by atoms with van der Waals surface area (Å²) >= 11 is 1.81. The summed E-state index contributed by atoms with van der Waals surface area (Å²) in [7, 11) is 0. The van der Waals surface area contributed by atoms with Crippen molar-refractivity contribution in [2.75, 3.05) is 0 Å². The Morgan fingerprint density at radius 2 is 0.948 bits per heavy atom. The van der Waals surface area contributed by atoms with Crippen LogP contribution in [0.3, 0.4) is 0 Å². The minimum absolute atomic E-state index is 0.597. The Bertz CT molecular complexity index is 3590. The minimum atomic E-state index is 0.597. The van der Waals surface area contributed by atoms with Crippen molar-refractivity contribution in [2.24, 2.45) is 0 Å². The molecule has 3 aromatic heterocycles. The van der Waals surface area contributed by atoms with Gasteiger partial charge < -0.3 is 4.42 Å². The third-order valence-electron chi connectivity index (χ3n) is 11.3. The highest BCUT2D eigenvalue weighted by Gasteiger charge is 2.22. The first-order valence-corrected chi connectivity index (χ1v) is 20.2.